The lowest BCUT2D eigenvalue weighted by Crippen LogP contribution is -2.30. The summed E-state index contributed by atoms with van der Waals surface area (Å²) in [4.78, 5) is 72.8. The summed E-state index contributed by atoms with van der Waals surface area (Å²) in [6.07, 6.45) is 58.4. The van der Waals surface area contributed by atoms with Crippen LogP contribution in [0.15, 0.2) is 0 Å². The fraction of sp³-hybridized carbons (Fsp3) is 0.949. The van der Waals surface area contributed by atoms with Gasteiger partial charge in [0.2, 0.25) is 0 Å². The van der Waals surface area contributed by atoms with Gasteiger partial charge in [0.15, 0.2) is 12.2 Å². The van der Waals surface area contributed by atoms with Crippen LogP contribution < -0.4 is 0 Å². The molecule has 0 aliphatic carbocycles. The van der Waals surface area contributed by atoms with Gasteiger partial charge in [0.25, 0.3) is 0 Å². The van der Waals surface area contributed by atoms with Crippen LogP contribution in [0.2, 0.25) is 0 Å². The summed E-state index contributed by atoms with van der Waals surface area (Å²) in [5.41, 5.74) is 0. The van der Waals surface area contributed by atoms with E-state index in [0.717, 1.165) is 108 Å². The highest BCUT2D eigenvalue weighted by Crippen LogP contribution is 2.45. The molecule has 0 spiro atoms. The molecule has 3 N–H and O–H groups in total. The van der Waals surface area contributed by atoms with Crippen molar-refractivity contribution in [3.63, 3.8) is 0 Å². The Bertz CT molecular complexity index is 1870. The number of phosphoric acid groups is 2. The second-order valence-electron chi connectivity index (χ2n) is 29.1. The van der Waals surface area contributed by atoms with Crippen LogP contribution >= 0.6 is 15.6 Å². The average Bonchev–Trinajstić information content (AvgIpc) is 1.20. The van der Waals surface area contributed by atoms with Crippen LogP contribution in [0.3, 0.4) is 0 Å². The van der Waals surface area contributed by atoms with Crippen molar-refractivity contribution in [2.75, 3.05) is 39.6 Å². The van der Waals surface area contributed by atoms with Gasteiger partial charge in [-0.3, -0.25) is 37.3 Å². The first kappa shape index (κ1) is 95.1. The zero-order chi connectivity index (χ0) is 71.4. The minimum absolute atomic E-state index is 0.105. The van der Waals surface area contributed by atoms with Gasteiger partial charge < -0.3 is 33.8 Å². The van der Waals surface area contributed by atoms with Crippen molar-refractivity contribution in [2.45, 2.75) is 426 Å². The third-order valence-corrected chi connectivity index (χ3v) is 20.1. The molecule has 0 aromatic carbocycles. The number of hydrogen-bond donors (Lipinski definition) is 3. The lowest BCUT2D eigenvalue weighted by molar-refractivity contribution is -0.161. The zero-order valence-electron chi connectivity index (χ0n) is 63.4. The molecule has 0 heterocycles. The molecule has 0 bridgehead atoms. The number of carbonyl (C=O) groups is 4. The van der Waals surface area contributed by atoms with Gasteiger partial charge >= 0.3 is 39.5 Å². The van der Waals surface area contributed by atoms with Crippen molar-refractivity contribution in [1.29, 1.82) is 0 Å². The predicted molar refractivity (Wildman–Crippen MR) is 395 cm³/mol. The summed E-state index contributed by atoms with van der Waals surface area (Å²) < 4.78 is 68.5. The molecule has 5 atom stereocenters. The lowest BCUT2D eigenvalue weighted by atomic mass is 10.0. The smallest absolute Gasteiger partial charge is 0.462 e. The van der Waals surface area contributed by atoms with Gasteiger partial charge in [0.05, 0.1) is 26.4 Å². The highest BCUT2D eigenvalue weighted by Gasteiger charge is 2.30. The molecule has 576 valence electrons. The maximum absolute atomic E-state index is 13.1. The number of esters is 4. The average molecular weight is 1420 g/mol. The fourth-order valence-corrected chi connectivity index (χ4v) is 13.6. The summed E-state index contributed by atoms with van der Waals surface area (Å²) in [7, 11) is -9.91. The first-order chi connectivity index (χ1) is 46.9. The minimum Gasteiger partial charge on any atom is -0.462 e. The first-order valence-corrected chi connectivity index (χ1v) is 43.5. The molecule has 0 saturated heterocycles. The molecule has 2 unspecified atom stereocenters. The van der Waals surface area contributed by atoms with E-state index in [4.69, 9.17) is 37.0 Å². The van der Waals surface area contributed by atoms with Crippen LogP contribution in [-0.4, -0.2) is 96.7 Å². The Kier molecular flexibility index (Phi) is 68.4. The van der Waals surface area contributed by atoms with Gasteiger partial charge in [-0.15, -0.1) is 0 Å². The Balaban J connectivity index is 5.19. The molecule has 0 radical (unpaired) electrons. The molecule has 17 nitrogen and oxygen atoms in total. The number of aliphatic hydroxyl groups is 1. The fourth-order valence-electron chi connectivity index (χ4n) is 12.0. The normalized spacial score (nSPS) is 14.0. The van der Waals surface area contributed by atoms with Crippen LogP contribution in [0.1, 0.15) is 408 Å². The van der Waals surface area contributed by atoms with Gasteiger partial charge in [-0.1, -0.05) is 356 Å². The molecular weight excluding hydrogens is 1270 g/mol. The maximum atomic E-state index is 13.1. The molecule has 19 heteroatoms. The van der Waals surface area contributed by atoms with E-state index in [1.807, 2.05) is 0 Å². The van der Waals surface area contributed by atoms with Crippen LogP contribution in [0, 0.1) is 11.8 Å². The van der Waals surface area contributed by atoms with Crippen molar-refractivity contribution in [1.82, 2.24) is 0 Å². The first-order valence-electron chi connectivity index (χ1n) is 40.5. The summed E-state index contributed by atoms with van der Waals surface area (Å²) in [6, 6.07) is 0. The molecule has 0 aromatic heterocycles. The van der Waals surface area contributed by atoms with Crippen LogP contribution in [0.5, 0.6) is 0 Å². The molecule has 0 aromatic rings. The molecule has 0 aliphatic rings. The highest BCUT2D eigenvalue weighted by molar-refractivity contribution is 7.47. The van der Waals surface area contributed by atoms with Crippen LogP contribution in [-0.2, 0) is 65.4 Å². The van der Waals surface area contributed by atoms with Crippen molar-refractivity contribution >= 4 is 39.5 Å². The summed E-state index contributed by atoms with van der Waals surface area (Å²) in [6.45, 7) is 9.58. The van der Waals surface area contributed by atoms with Crippen molar-refractivity contribution in [3.05, 3.63) is 0 Å². The van der Waals surface area contributed by atoms with E-state index >= 15 is 0 Å². The van der Waals surface area contributed by atoms with E-state index in [-0.39, 0.29) is 25.7 Å². The number of unbranched alkanes of at least 4 members (excludes halogenated alkanes) is 47. The van der Waals surface area contributed by atoms with Crippen LogP contribution in [0.25, 0.3) is 0 Å². The predicted octanol–water partition coefficient (Wildman–Crippen LogP) is 23.1. The van der Waals surface area contributed by atoms with Crippen molar-refractivity contribution in [3.8, 4) is 0 Å². The van der Waals surface area contributed by atoms with E-state index < -0.39 is 97.5 Å². The third-order valence-electron chi connectivity index (χ3n) is 18.2. The molecule has 0 rings (SSSR count). The van der Waals surface area contributed by atoms with E-state index in [0.29, 0.717) is 25.7 Å². The second kappa shape index (κ2) is 69.8. The van der Waals surface area contributed by atoms with Gasteiger partial charge in [0, 0.05) is 25.7 Å². The largest absolute Gasteiger partial charge is 0.472 e. The number of hydrogen-bond acceptors (Lipinski definition) is 15. The highest BCUT2D eigenvalue weighted by atomic mass is 31.2. The minimum atomic E-state index is -4.96. The maximum Gasteiger partial charge on any atom is 0.472 e. The number of carbonyl (C=O) groups excluding carboxylic acids is 4. The number of aliphatic hydroxyl groups excluding tert-OH is 1. The van der Waals surface area contributed by atoms with E-state index in [9.17, 15) is 43.2 Å². The Hall–Kier alpha value is -1.94. The number of rotatable bonds is 77. The lowest BCUT2D eigenvalue weighted by Gasteiger charge is -2.21. The monoisotopic (exact) mass is 1420 g/mol. The summed E-state index contributed by atoms with van der Waals surface area (Å²) in [5, 5.41) is 10.6. The third kappa shape index (κ3) is 72.2. The van der Waals surface area contributed by atoms with Crippen LogP contribution in [0.4, 0.5) is 0 Å². The van der Waals surface area contributed by atoms with Crippen molar-refractivity contribution in [2.24, 2.45) is 11.8 Å². The Labute approximate surface area is 594 Å². The number of phosphoric ester groups is 2. The molecule has 0 aliphatic heterocycles. The summed E-state index contributed by atoms with van der Waals surface area (Å²) in [5.74, 6) is -0.581. The van der Waals surface area contributed by atoms with Gasteiger partial charge in [0.1, 0.15) is 19.3 Å². The summed E-state index contributed by atoms with van der Waals surface area (Å²) >= 11 is 0. The molecule has 0 amide bonds. The zero-order valence-corrected chi connectivity index (χ0v) is 65.2. The topological polar surface area (TPSA) is 237 Å². The Morgan fingerprint density at radius 2 is 0.474 bits per heavy atom. The molecule has 0 fully saturated rings. The van der Waals surface area contributed by atoms with Gasteiger partial charge in [-0.2, -0.15) is 0 Å². The van der Waals surface area contributed by atoms with Gasteiger partial charge in [-0.05, 0) is 37.5 Å². The SMILES string of the molecule is CCCCCCCCCCCCCCCCCCCCCCC(=O)O[C@H](COC(=O)CCCCCCCCCCCCCCCCC(C)C)COP(=O)(O)OC[C@@H](O)COP(=O)(O)OC[C@@H](COC(=O)CCCCCCCCCC)OC(=O)CCCCCCCCCCCC(C)C. The van der Waals surface area contributed by atoms with Crippen molar-refractivity contribution < 1.29 is 80.2 Å². The Morgan fingerprint density at radius 3 is 0.701 bits per heavy atom. The molecular formula is C78H152O17P2. The van der Waals surface area contributed by atoms with Gasteiger partial charge in [-0.25, -0.2) is 9.13 Å². The van der Waals surface area contributed by atoms with E-state index in [2.05, 4.69) is 41.5 Å². The van der Waals surface area contributed by atoms with E-state index in [1.54, 1.807) is 0 Å². The quantitative estimate of drug-likeness (QED) is 0.0222. The van der Waals surface area contributed by atoms with E-state index in [1.165, 1.54) is 218 Å². The standard InChI is InChI=1S/C78H152O17P2/c1-7-9-11-13-15-17-18-19-20-21-22-23-24-25-30-33-38-44-50-56-62-77(82)94-74(67-89-76(81)61-55-49-43-37-32-29-27-26-28-31-35-40-46-52-58-70(3)4)69-93-97(86,87)91-65-72(79)64-90-96(84,85)92-68-73(66-88-75(80)60-54-48-42-16-14-12-10-8-2)95-78(83)63-57-51-45-39-34-36-41-47-53-59-71(5)6/h70-74,79H,7-69H2,1-6H3,(H,84,85)(H,86,87)/t72-,73+,74+/m0/s1. The second-order valence-corrected chi connectivity index (χ2v) is 32.0. The Morgan fingerprint density at radius 1 is 0.278 bits per heavy atom. The molecule has 97 heavy (non-hydrogen) atoms. The molecule has 0 saturated carbocycles. The number of ether oxygens (including phenoxy) is 4.